The van der Waals surface area contributed by atoms with Gasteiger partial charge in [0.15, 0.2) is 9.84 Å². The van der Waals surface area contributed by atoms with Crippen molar-refractivity contribution < 1.29 is 13.5 Å². The Morgan fingerprint density at radius 3 is 2.04 bits per heavy atom. The third-order valence-electron chi connectivity index (χ3n) is 3.99. The lowest BCUT2D eigenvalue weighted by Crippen LogP contribution is -2.03. The van der Waals surface area contributed by atoms with Crippen molar-refractivity contribution >= 4 is 9.84 Å². The molecule has 0 aliphatic heterocycles. The van der Waals surface area contributed by atoms with Gasteiger partial charge >= 0.3 is 0 Å². The molecule has 0 unspecified atom stereocenters. The summed E-state index contributed by atoms with van der Waals surface area (Å²) in [4.78, 5) is 0.315. The molecule has 0 saturated heterocycles. The lowest BCUT2D eigenvalue weighted by atomic mass is 9.94. The molecule has 3 nitrogen and oxygen atoms in total. The van der Waals surface area contributed by atoms with Crippen LogP contribution in [-0.4, -0.2) is 19.3 Å². The predicted molar refractivity (Wildman–Crippen MR) is 96.7 cm³/mol. The highest BCUT2D eigenvalue weighted by Gasteiger charge is 2.13. The van der Waals surface area contributed by atoms with Crippen LogP contribution in [0, 0.1) is 0 Å². The van der Waals surface area contributed by atoms with Gasteiger partial charge in [0, 0.05) is 0 Å². The Bertz CT molecular complexity index is 944. The maximum atomic E-state index is 12.0. The van der Waals surface area contributed by atoms with E-state index in [2.05, 4.69) is 0 Å². The Hall–Kier alpha value is -2.59. The second kappa shape index (κ2) is 6.49. The molecule has 0 radical (unpaired) electrons. The van der Waals surface area contributed by atoms with Gasteiger partial charge in [-0.25, -0.2) is 8.42 Å². The molecule has 0 bridgehead atoms. The lowest BCUT2D eigenvalue weighted by molar-refractivity contribution is 0.475. The largest absolute Gasteiger partial charge is 0.508 e. The average Bonchev–Trinajstić information content (AvgIpc) is 2.62. The molecule has 4 heteroatoms. The van der Waals surface area contributed by atoms with E-state index in [9.17, 15) is 13.5 Å². The van der Waals surface area contributed by atoms with Crippen molar-refractivity contribution in [3.63, 3.8) is 0 Å². The smallest absolute Gasteiger partial charge is 0.178 e. The van der Waals surface area contributed by atoms with Crippen molar-refractivity contribution in [1.82, 2.24) is 0 Å². The van der Waals surface area contributed by atoms with E-state index in [0.29, 0.717) is 4.90 Å². The lowest BCUT2D eigenvalue weighted by Gasteiger charge is -2.11. The first kappa shape index (κ1) is 16.3. The molecule has 3 aromatic rings. The maximum Gasteiger partial charge on any atom is 0.178 e. The van der Waals surface area contributed by atoms with Crippen LogP contribution < -0.4 is 0 Å². The highest BCUT2D eigenvalue weighted by atomic mass is 32.2. The first-order valence-electron chi connectivity index (χ1n) is 7.73. The topological polar surface area (TPSA) is 54.4 Å². The molecule has 0 spiro atoms. The Labute approximate surface area is 142 Å². The van der Waals surface area contributed by atoms with Gasteiger partial charge < -0.3 is 5.11 Å². The molecular formula is C20H18O3S. The molecule has 122 valence electrons. The number of benzene rings is 3. The number of hydrogen-bond donors (Lipinski definition) is 1. The molecule has 0 aliphatic carbocycles. The molecule has 3 aromatic carbocycles. The van der Waals surface area contributed by atoms with Crippen molar-refractivity contribution in [2.24, 2.45) is 0 Å². The summed E-state index contributed by atoms with van der Waals surface area (Å²) < 4.78 is 23.9. The van der Waals surface area contributed by atoms with Crippen LogP contribution in [0.3, 0.4) is 0 Å². The molecule has 0 amide bonds. The fourth-order valence-corrected chi connectivity index (χ4v) is 3.53. The normalized spacial score (nSPS) is 11.4. The van der Waals surface area contributed by atoms with Crippen LogP contribution in [0.4, 0.5) is 0 Å². The number of phenolic OH excluding ortho intramolecular Hbond substituents is 1. The van der Waals surface area contributed by atoms with E-state index in [4.69, 9.17) is 0 Å². The third-order valence-corrected chi connectivity index (χ3v) is 5.74. The van der Waals surface area contributed by atoms with E-state index in [0.717, 1.165) is 22.3 Å². The molecule has 24 heavy (non-hydrogen) atoms. The molecule has 3 rings (SSSR count). The Morgan fingerprint density at radius 2 is 1.42 bits per heavy atom. The van der Waals surface area contributed by atoms with Crippen LogP contribution in [0.25, 0.3) is 22.3 Å². The number of rotatable bonds is 4. The zero-order valence-electron chi connectivity index (χ0n) is 13.3. The van der Waals surface area contributed by atoms with Gasteiger partial charge in [-0.15, -0.1) is 0 Å². The monoisotopic (exact) mass is 338 g/mol. The van der Waals surface area contributed by atoms with E-state index in [1.54, 1.807) is 43.3 Å². The standard InChI is InChI=1S/C20H18O3S/c1-2-24(22,23)18-11-8-16(9-12-18)20-14-17(21)10-13-19(20)15-6-4-3-5-7-15/h3-14,21H,2H2,1H3. The molecule has 0 fully saturated rings. The second-order valence-corrected chi connectivity index (χ2v) is 7.80. The Morgan fingerprint density at radius 1 is 0.792 bits per heavy atom. The SMILES string of the molecule is CCS(=O)(=O)c1ccc(-c2cc(O)ccc2-c2ccccc2)cc1. The minimum Gasteiger partial charge on any atom is -0.508 e. The minimum atomic E-state index is -3.22. The summed E-state index contributed by atoms with van der Waals surface area (Å²) in [6, 6.07) is 21.9. The fourth-order valence-electron chi connectivity index (χ4n) is 2.65. The summed E-state index contributed by atoms with van der Waals surface area (Å²) in [5.74, 6) is 0.253. The van der Waals surface area contributed by atoms with Gasteiger partial charge in [0.1, 0.15) is 5.75 Å². The zero-order valence-corrected chi connectivity index (χ0v) is 14.1. The highest BCUT2D eigenvalue weighted by molar-refractivity contribution is 7.91. The van der Waals surface area contributed by atoms with Crippen LogP contribution in [0.15, 0.2) is 77.7 Å². The Balaban J connectivity index is 2.11. The summed E-state index contributed by atoms with van der Waals surface area (Å²) in [7, 11) is -3.22. The van der Waals surface area contributed by atoms with E-state index < -0.39 is 9.84 Å². The first-order valence-corrected chi connectivity index (χ1v) is 9.38. The van der Waals surface area contributed by atoms with Crippen LogP contribution in [0.1, 0.15) is 6.92 Å². The summed E-state index contributed by atoms with van der Waals surface area (Å²) in [5.41, 5.74) is 3.75. The zero-order chi connectivity index (χ0) is 17.2. The molecule has 0 atom stereocenters. The van der Waals surface area contributed by atoms with Gasteiger partial charge in [0.05, 0.1) is 10.6 Å². The molecule has 0 saturated carbocycles. The molecule has 0 heterocycles. The average molecular weight is 338 g/mol. The third kappa shape index (κ3) is 3.19. The van der Waals surface area contributed by atoms with Crippen LogP contribution in [0.2, 0.25) is 0 Å². The van der Waals surface area contributed by atoms with E-state index in [1.807, 2.05) is 36.4 Å². The molecular weight excluding hydrogens is 320 g/mol. The predicted octanol–water partition coefficient (Wildman–Crippen LogP) is 4.52. The maximum absolute atomic E-state index is 12.0. The number of phenols is 1. The number of sulfone groups is 1. The van der Waals surface area contributed by atoms with Gasteiger partial charge in [-0.3, -0.25) is 0 Å². The number of aromatic hydroxyl groups is 1. The van der Waals surface area contributed by atoms with Crippen molar-refractivity contribution in [1.29, 1.82) is 0 Å². The van der Waals surface area contributed by atoms with Crippen LogP contribution >= 0.6 is 0 Å². The van der Waals surface area contributed by atoms with Crippen molar-refractivity contribution in [3.05, 3.63) is 72.8 Å². The quantitative estimate of drug-likeness (QED) is 0.761. The van der Waals surface area contributed by atoms with E-state index in [-0.39, 0.29) is 11.5 Å². The van der Waals surface area contributed by atoms with Gasteiger partial charge in [0.2, 0.25) is 0 Å². The first-order chi connectivity index (χ1) is 11.5. The second-order valence-electron chi connectivity index (χ2n) is 5.52. The van der Waals surface area contributed by atoms with Gasteiger partial charge in [-0.1, -0.05) is 55.5 Å². The van der Waals surface area contributed by atoms with Gasteiger partial charge in [-0.05, 0) is 46.5 Å². The molecule has 1 N–H and O–H groups in total. The summed E-state index contributed by atoms with van der Waals surface area (Å²) in [6.45, 7) is 1.63. The van der Waals surface area contributed by atoms with Gasteiger partial charge in [-0.2, -0.15) is 0 Å². The van der Waals surface area contributed by atoms with Crippen molar-refractivity contribution in [2.45, 2.75) is 11.8 Å². The van der Waals surface area contributed by atoms with Crippen LogP contribution in [-0.2, 0) is 9.84 Å². The molecule has 0 aliphatic rings. The van der Waals surface area contributed by atoms with E-state index in [1.165, 1.54) is 0 Å². The summed E-state index contributed by atoms with van der Waals surface area (Å²) in [6.07, 6.45) is 0. The summed E-state index contributed by atoms with van der Waals surface area (Å²) in [5, 5.41) is 9.87. The van der Waals surface area contributed by atoms with E-state index >= 15 is 0 Å². The highest BCUT2D eigenvalue weighted by Crippen LogP contribution is 2.35. The Kier molecular flexibility index (Phi) is 4.40. The van der Waals surface area contributed by atoms with Crippen LogP contribution in [0.5, 0.6) is 5.75 Å². The fraction of sp³-hybridized carbons (Fsp3) is 0.100. The number of hydrogen-bond acceptors (Lipinski definition) is 3. The van der Waals surface area contributed by atoms with Gasteiger partial charge in [0.25, 0.3) is 0 Å². The van der Waals surface area contributed by atoms with Crippen molar-refractivity contribution in [3.8, 4) is 28.0 Å². The van der Waals surface area contributed by atoms with Crippen molar-refractivity contribution in [2.75, 3.05) is 5.75 Å². The molecule has 0 aromatic heterocycles. The minimum absolute atomic E-state index is 0.0771. The summed E-state index contributed by atoms with van der Waals surface area (Å²) >= 11 is 0.